The van der Waals surface area contributed by atoms with E-state index in [2.05, 4.69) is 5.10 Å². The molecule has 0 N–H and O–H groups in total. The van der Waals surface area contributed by atoms with Gasteiger partial charge < -0.3 is 9.64 Å². The molecule has 1 saturated heterocycles. The van der Waals surface area contributed by atoms with E-state index in [1.54, 1.807) is 11.9 Å². The number of carbonyl (C=O) groups excluding carboxylic acids is 2. The minimum atomic E-state index is -0.0722. The highest BCUT2D eigenvalue weighted by atomic mass is 16.5. The molecule has 2 aliphatic rings. The van der Waals surface area contributed by atoms with E-state index >= 15 is 0 Å². The Labute approximate surface area is 107 Å². The Bertz CT molecular complexity index is 394. The van der Waals surface area contributed by atoms with Crippen molar-refractivity contribution in [3.63, 3.8) is 0 Å². The zero-order valence-corrected chi connectivity index (χ0v) is 11.0. The molecule has 0 spiro atoms. The van der Waals surface area contributed by atoms with E-state index in [1.165, 1.54) is 5.01 Å². The average molecular weight is 253 g/mol. The summed E-state index contributed by atoms with van der Waals surface area (Å²) in [4.78, 5) is 25.5. The maximum absolute atomic E-state index is 12.4. The molecule has 18 heavy (non-hydrogen) atoms. The average Bonchev–Trinajstić information content (AvgIpc) is 2.35. The number of hydrogen-bond acceptors (Lipinski definition) is 4. The summed E-state index contributed by atoms with van der Waals surface area (Å²) >= 11 is 0. The number of rotatable bonds is 1. The monoisotopic (exact) mass is 253 g/mol. The van der Waals surface area contributed by atoms with Crippen LogP contribution >= 0.6 is 0 Å². The molecule has 0 unspecified atom stereocenters. The summed E-state index contributed by atoms with van der Waals surface area (Å²) in [7, 11) is 1.58. The van der Waals surface area contributed by atoms with Crippen LogP contribution in [0.15, 0.2) is 5.10 Å². The Morgan fingerprint density at radius 3 is 2.78 bits per heavy atom. The minimum Gasteiger partial charge on any atom is -0.375 e. The summed E-state index contributed by atoms with van der Waals surface area (Å²) in [6, 6.07) is 0.0549. The fourth-order valence-electron chi connectivity index (χ4n) is 2.18. The van der Waals surface area contributed by atoms with Gasteiger partial charge in [0, 0.05) is 26.4 Å². The van der Waals surface area contributed by atoms with Crippen molar-refractivity contribution in [3.8, 4) is 0 Å². The van der Waals surface area contributed by atoms with E-state index in [4.69, 9.17) is 4.74 Å². The van der Waals surface area contributed by atoms with Gasteiger partial charge in [-0.3, -0.25) is 9.59 Å². The van der Waals surface area contributed by atoms with Gasteiger partial charge in [0.25, 0.3) is 5.91 Å². The molecule has 100 valence electrons. The summed E-state index contributed by atoms with van der Waals surface area (Å²) < 4.78 is 5.50. The molecule has 0 radical (unpaired) electrons. The molecule has 2 rings (SSSR count). The van der Waals surface area contributed by atoms with Gasteiger partial charge in [-0.1, -0.05) is 0 Å². The van der Waals surface area contributed by atoms with Crippen LogP contribution in [0, 0.1) is 0 Å². The van der Waals surface area contributed by atoms with Gasteiger partial charge >= 0.3 is 0 Å². The number of nitrogens with zero attached hydrogens (tertiary/aromatic N) is 3. The van der Waals surface area contributed by atoms with Crippen molar-refractivity contribution in [2.75, 3.05) is 20.2 Å². The molecule has 2 aliphatic heterocycles. The van der Waals surface area contributed by atoms with E-state index in [-0.39, 0.29) is 24.0 Å². The molecule has 2 amide bonds. The van der Waals surface area contributed by atoms with Gasteiger partial charge in [-0.05, 0) is 13.8 Å². The lowest BCUT2D eigenvalue weighted by Gasteiger charge is -2.37. The summed E-state index contributed by atoms with van der Waals surface area (Å²) in [6.45, 7) is 5.04. The van der Waals surface area contributed by atoms with Crippen molar-refractivity contribution in [1.82, 2.24) is 9.91 Å². The van der Waals surface area contributed by atoms with Crippen LogP contribution in [0.25, 0.3) is 0 Å². The third-order valence-electron chi connectivity index (χ3n) is 3.32. The van der Waals surface area contributed by atoms with E-state index in [0.717, 1.165) is 0 Å². The zero-order valence-electron chi connectivity index (χ0n) is 11.0. The molecule has 0 aromatic carbocycles. The smallest absolute Gasteiger partial charge is 0.270 e. The van der Waals surface area contributed by atoms with E-state index in [0.29, 0.717) is 31.7 Å². The number of carbonyl (C=O) groups is 2. The second kappa shape index (κ2) is 5.06. The lowest BCUT2D eigenvalue weighted by atomic mass is 10.1. The van der Waals surface area contributed by atoms with Crippen molar-refractivity contribution in [2.24, 2.45) is 5.10 Å². The van der Waals surface area contributed by atoms with Gasteiger partial charge in [-0.15, -0.1) is 0 Å². The number of hydrogen-bond donors (Lipinski definition) is 0. The Morgan fingerprint density at radius 2 is 2.11 bits per heavy atom. The molecule has 0 aromatic heterocycles. The molecular weight excluding hydrogens is 234 g/mol. The first-order valence-electron chi connectivity index (χ1n) is 6.25. The van der Waals surface area contributed by atoms with Crippen LogP contribution in [-0.2, 0) is 14.3 Å². The molecule has 6 nitrogen and oxygen atoms in total. The second-order valence-electron chi connectivity index (χ2n) is 4.91. The first kappa shape index (κ1) is 13.0. The van der Waals surface area contributed by atoms with Crippen LogP contribution in [0.2, 0.25) is 0 Å². The van der Waals surface area contributed by atoms with Gasteiger partial charge in [-0.2, -0.15) is 5.10 Å². The molecule has 2 atom stereocenters. The fourth-order valence-corrected chi connectivity index (χ4v) is 2.18. The molecule has 0 saturated carbocycles. The van der Waals surface area contributed by atoms with E-state index in [9.17, 15) is 9.59 Å². The van der Waals surface area contributed by atoms with Gasteiger partial charge in [-0.25, -0.2) is 5.01 Å². The molecule has 2 heterocycles. The molecule has 0 aromatic rings. The number of ether oxygens (including phenoxy) is 1. The summed E-state index contributed by atoms with van der Waals surface area (Å²) in [5.41, 5.74) is 0.470. The van der Waals surface area contributed by atoms with Crippen LogP contribution < -0.4 is 0 Å². The quantitative estimate of drug-likeness (QED) is 0.672. The molecule has 0 bridgehead atoms. The van der Waals surface area contributed by atoms with Crippen LogP contribution in [0.5, 0.6) is 0 Å². The van der Waals surface area contributed by atoms with E-state index in [1.807, 2.05) is 13.8 Å². The van der Waals surface area contributed by atoms with E-state index < -0.39 is 0 Å². The second-order valence-corrected chi connectivity index (χ2v) is 4.91. The summed E-state index contributed by atoms with van der Waals surface area (Å²) in [5, 5.41) is 5.32. The van der Waals surface area contributed by atoms with Gasteiger partial charge in [0.1, 0.15) is 5.71 Å². The highest BCUT2D eigenvalue weighted by Crippen LogP contribution is 2.15. The SMILES string of the molecule is C[C@@H]1CO[C@@H](C)CN1C(=O)C1=NN(C)C(=O)CC1. The van der Waals surface area contributed by atoms with Crippen molar-refractivity contribution in [1.29, 1.82) is 0 Å². The number of hydrazone groups is 1. The predicted molar refractivity (Wildman–Crippen MR) is 66.0 cm³/mol. The van der Waals surface area contributed by atoms with Crippen LogP contribution in [0.3, 0.4) is 0 Å². The summed E-state index contributed by atoms with van der Waals surface area (Å²) in [6.07, 6.45) is 0.837. The van der Waals surface area contributed by atoms with Crippen molar-refractivity contribution in [3.05, 3.63) is 0 Å². The van der Waals surface area contributed by atoms with Crippen molar-refractivity contribution in [2.45, 2.75) is 38.8 Å². The topological polar surface area (TPSA) is 62.2 Å². The Kier molecular flexibility index (Phi) is 3.65. The number of morpholine rings is 1. The van der Waals surface area contributed by atoms with Crippen LogP contribution in [-0.4, -0.2) is 59.8 Å². The molecule has 0 aliphatic carbocycles. The summed E-state index contributed by atoms with van der Waals surface area (Å²) in [5.74, 6) is -0.119. The highest BCUT2D eigenvalue weighted by molar-refractivity contribution is 6.39. The third kappa shape index (κ3) is 2.53. The third-order valence-corrected chi connectivity index (χ3v) is 3.32. The maximum atomic E-state index is 12.4. The zero-order chi connectivity index (χ0) is 13.3. The predicted octanol–water partition coefficient (Wildman–Crippen LogP) is 0.230. The normalized spacial score (nSPS) is 29.3. The van der Waals surface area contributed by atoms with Gasteiger partial charge in [0.2, 0.25) is 5.91 Å². The maximum Gasteiger partial charge on any atom is 0.270 e. The van der Waals surface area contributed by atoms with Crippen molar-refractivity contribution < 1.29 is 14.3 Å². The molecular formula is C12H19N3O3. The minimum absolute atomic E-state index is 0.0463. The number of amides is 2. The largest absolute Gasteiger partial charge is 0.375 e. The first-order chi connectivity index (χ1) is 8.49. The van der Waals surface area contributed by atoms with Crippen LogP contribution in [0.4, 0.5) is 0 Å². The standard InChI is InChI=1S/C12H19N3O3/c1-8-7-18-9(2)6-15(8)12(17)10-4-5-11(16)14(3)13-10/h8-9H,4-7H2,1-3H3/t8-,9+/m1/s1. The van der Waals surface area contributed by atoms with Gasteiger partial charge in [0.15, 0.2) is 0 Å². The molecule has 1 fully saturated rings. The first-order valence-corrected chi connectivity index (χ1v) is 6.25. The fraction of sp³-hybridized carbons (Fsp3) is 0.750. The Hall–Kier alpha value is -1.43. The lowest BCUT2D eigenvalue weighted by Crippen LogP contribution is -2.53. The van der Waals surface area contributed by atoms with Gasteiger partial charge in [0.05, 0.1) is 18.8 Å². The Balaban J connectivity index is 2.11. The van der Waals surface area contributed by atoms with Crippen molar-refractivity contribution >= 4 is 17.5 Å². The Morgan fingerprint density at radius 1 is 1.39 bits per heavy atom. The lowest BCUT2D eigenvalue weighted by molar-refractivity contribution is -0.136. The highest BCUT2D eigenvalue weighted by Gasteiger charge is 2.32. The molecule has 6 heteroatoms. The van der Waals surface area contributed by atoms with Crippen LogP contribution in [0.1, 0.15) is 26.7 Å².